The molecule has 0 bridgehead atoms. The Kier molecular flexibility index (Phi) is 19.1. The van der Waals surface area contributed by atoms with Gasteiger partial charge in [-0.1, -0.05) is 30.8 Å². The lowest BCUT2D eigenvalue weighted by Gasteiger charge is -2.29. The van der Waals surface area contributed by atoms with Crippen molar-refractivity contribution in [3.8, 4) is 0 Å². The van der Waals surface area contributed by atoms with E-state index in [1.165, 1.54) is 0 Å². The summed E-state index contributed by atoms with van der Waals surface area (Å²) < 4.78 is 44.5. The number of aliphatic hydroxyl groups excluding tert-OH is 13. The second kappa shape index (κ2) is 22.7. The monoisotopic (exact) mass is 819 g/mol. The van der Waals surface area contributed by atoms with Crippen molar-refractivity contribution in [3.05, 3.63) is 10.4 Å². The van der Waals surface area contributed by atoms with Gasteiger partial charge in [-0.3, -0.25) is 0 Å². The molecule has 4 heterocycles. The number of rotatable bonds is 24. The maximum absolute atomic E-state index is 10.8. The summed E-state index contributed by atoms with van der Waals surface area (Å²) in [6, 6.07) is 0. The SMILES string of the molecule is [N-]=[N+]=NCCCCCCCCO[C@@H]1O[C@@H]([C@@H](CO)O[C@@H]2O[C@@H]([C@@H](CO)O[C@@H]3O[C@@H]([C@@H](CO)O[C@@H]4O[C@@H]([C@H](O)CO)[C@H](O)[C@H]4O)[C@H](O)[C@H]3O)[C@H](O)[C@H]2O)[C@H](O)[C@H]1O. The molecule has 24 nitrogen and oxygen atoms in total. The molecule has 0 aromatic rings. The first-order valence-corrected chi connectivity index (χ1v) is 18.6. The molecule has 20 atom stereocenters. The Morgan fingerprint density at radius 2 is 0.839 bits per heavy atom. The minimum Gasteiger partial charge on any atom is -0.394 e. The molecule has 13 N–H and O–H groups in total. The van der Waals surface area contributed by atoms with Gasteiger partial charge in [-0.05, 0) is 18.4 Å². The molecule has 4 aliphatic rings. The quantitative estimate of drug-likeness (QED) is 0.0186. The van der Waals surface area contributed by atoms with Crippen LogP contribution < -0.4 is 0 Å². The molecule has 0 aliphatic carbocycles. The van der Waals surface area contributed by atoms with Crippen LogP contribution in [0, 0.1) is 0 Å². The number of ether oxygens (including phenoxy) is 8. The summed E-state index contributed by atoms with van der Waals surface area (Å²) in [5.41, 5.74) is 8.30. The lowest BCUT2D eigenvalue weighted by molar-refractivity contribution is -0.268. The van der Waals surface area contributed by atoms with Gasteiger partial charge in [0.2, 0.25) is 0 Å². The van der Waals surface area contributed by atoms with E-state index in [0.717, 1.165) is 32.1 Å². The van der Waals surface area contributed by atoms with Crippen LogP contribution in [-0.2, 0) is 37.9 Å². The first-order valence-electron chi connectivity index (χ1n) is 18.6. The van der Waals surface area contributed by atoms with Crippen LogP contribution in [0.3, 0.4) is 0 Å². The number of unbranched alkanes of at least 4 members (excludes halogenated alkanes) is 5. The fourth-order valence-electron chi connectivity index (χ4n) is 6.93. The van der Waals surface area contributed by atoms with Crippen molar-refractivity contribution in [3.63, 3.8) is 0 Å². The maximum atomic E-state index is 10.8. The van der Waals surface area contributed by atoms with Gasteiger partial charge in [0.1, 0.15) is 97.7 Å². The molecule has 0 unspecified atom stereocenters. The number of nitrogens with zero attached hydrogens (tertiary/aromatic N) is 3. The second-order valence-electron chi connectivity index (χ2n) is 14.1. The smallest absolute Gasteiger partial charge is 0.187 e. The topological polar surface area (TPSA) is 386 Å². The molecule has 0 aromatic carbocycles. The molecule has 4 rings (SSSR count). The molecule has 0 aromatic heterocycles. The van der Waals surface area contributed by atoms with Gasteiger partial charge < -0.3 is 104 Å². The lowest BCUT2D eigenvalue weighted by Crippen LogP contribution is -2.46. The van der Waals surface area contributed by atoms with Gasteiger partial charge in [0.05, 0.1) is 26.4 Å². The van der Waals surface area contributed by atoms with E-state index in [9.17, 15) is 66.4 Å². The number of hydrogen-bond donors (Lipinski definition) is 13. The standard InChI is InChI=1S/C32H57N3O21/c33-35-34-7-5-3-1-2-4-6-8-49-29-21(45)18(42)26(54-29)14(10-37)51-31-23(47)20(44)28(56-31)16(12-39)52-32-24(48)19(43)27(55-32)15(11-38)50-30-22(46)17(41)25(53-30)13(40)9-36/h13-32,36-48H,1-12H2/t13-,14-,15-,16-,17-,18-,19-,20-,21-,22-,23-,24-,25+,26+,27+,28+,29-,30-,31-,32-/m1/s1. The van der Waals surface area contributed by atoms with E-state index in [4.69, 9.17) is 43.4 Å². The molecule has 0 saturated carbocycles. The predicted molar refractivity (Wildman–Crippen MR) is 179 cm³/mol. The van der Waals surface area contributed by atoms with E-state index in [2.05, 4.69) is 10.0 Å². The van der Waals surface area contributed by atoms with E-state index in [1.807, 2.05) is 0 Å². The largest absolute Gasteiger partial charge is 0.394 e. The van der Waals surface area contributed by atoms with E-state index in [1.54, 1.807) is 0 Å². The highest BCUT2D eigenvalue weighted by Crippen LogP contribution is 2.34. The van der Waals surface area contributed by atoms with Crippen molar-refractivity contribution in [1.82, 2.24) is 0 Å². The van der Waals surface area contributed by atoms with Gasteiger partial charge in [-0.15, -0.1) is 0 Å². The average Bonchev–Trinajstić information content (AvgIpc) is 3.85. The summed E-state index contributed by atoms with van der Waals surface area (Å²) in [5.74, 6) is 0. The summed E-state index contributed by atoms with van der Waals surface area (Å²) in [7, 11) is 0. The Hall–Kier alpha value is -1.53. The molecule has 0 amide bonds. The van der Waals surface area contributed by atoms with Crippen molar-refractivity contribution in [1.29, 1.82) is 0 Å². The van der Waals surface area contributed by atoms with Crippen LogP contribution in [0.2, 0.25) is 0 Å². The van der Waals surface area contributed by atoms with E-state index in [-0.39, 0.29) is 6.61 Å². The first-order chi connectivity index (χ1) is 26.8. The number of azide groups is 1. The van der Waals surface area contributed by atoms with Gasteiger partial charge in [0, 0.05) is 18.1 Å². The van der Waals surface area contributed by atoms with Gasteiger partial charge in [-0.25, -0.2) is 0 Å². The molecule has 24 heteroatoms. The summed E-state index contributed by atoms with van der Waals surface area (Å²) in [5, 5.41) is 138. The molecule has 4 fully saturated rings. The van der Waals surface area contributed by atoms with Gasteiger partial charge in [0.25, 0.3) is 0 Å². The zero-order chi connectivity index (χ0) is 41.1. The third kappa shape index (κ3) is 11.4. The van der Waals surface area contributed by atoms with Gasteiger partial charge >= 0.3 is 0 Å². The van der Waals surface area contributed by atoms with Crippen LogP contribution in [0.5, 0.6) is 0 Å². The fraction of sp³-hybridized carbons (Fsp3) is 1.00. The highest BCUT2D eigenvalue weighted by Gasteiger charge is 2.55. The summed E-state index contributed by atoms with van der Waals surface area (Å²) in [6.07, 6.45) is -27.5. The predicted octanol–water partition coefficient (Wildman–Crippen LogP) is -6.07. The number of aliphatic hydroxyl groups is 13. The molecule has 4 saturated heterocycles. The van der Waals surface area contributed by atoms with E-state index < -0.39 is 149 Å². The van der Waals surface area contributed by atoms with Crippen molar-refractivity contribution in [2.75, 3.05) is 39.6 Å². The average molecular weight is 820 g/mol. The molecular formula is C32H57N3O21. The molecule has 56 heavy (non-hydrogen) atoms. The van der Waals surface area contributed by atoms with Crippen molar-refractivity contribution in [2.45, 2.75) is 161 Å². The third-order valence-corrected chi connectivity index (χ3v) is 10.2. The van der Waals surface area contributed by atoms with Crippen LogP contribution in [0.4, 0.5) is 0 Å². The van der Waals surface area contributed by atoms with Crippen LogP contribution >= 0.6 is 0 Å². The minimum atomic E-state index is -1.87. The second-order valence-corrected chi connectivity index (χ2v) is 14.1. The molecule has 326 valence electrons. The zero-order valence-corrected chi connectivity index (χ0v) is 30.5. The molecule has 0 radical (unpaired) electrons. The fourth-order valence-corrected chi connectivity index (χ4v) is 6.93. The molecule has 0 spiro atoms. The summed E-state index contributed by atoms with van der Waals surface area (Å²) in [6.45, 7) is -2.80. The lowest BCUT2D eigenvalue weighted by atomic mass is 10.0. The van der Waals surface area contributed by atoms with Crippen LogP contribution in [0.1, 0.15) is 38.5 Å². The van der Waals surface area contributed by atoms with Crippen LogP contribution in [0.25, 0.3) is 10.4 Å². The van der Waals surface area contributed by atoms with Crippen LogP contribution in [0.15, 0.2) is 5.11 Å². The van der Waals surface area contributed by atoms with E-state index in [0.29, 0.717) is 13.0 Å². The molecular weight excluding hydrogens is 762 g/mol. The van der Waals surface area contributed by atoms with Crippen LogP contribution in [-0.4, -0.2) is 229 Å². The Labute approximate surface area is 320 Å². The molecule has 4 aliphatic heterocycles. The van der Waals surface area contributed by atoms with Crippen molar-refractivity contribution < 1.29 is 104 Å². The summed E-state index contributed by atoms with van der Waals surface area (Å²) in [4.78, 5) is 2.71. The normalized spacial score (nSPS) is 40.8. The number of hydrogen-bond acceptors (Lipinski definition) is 22. The Morgan fingerprint density at radius 1 is 0.482 bits per heavy atom. The Morgan fingerprint density at radius 3 is 1.25 bits per heavy atom. The highest BCUT2D eigenvalue weighted by atomic mass is 16.8. The van der Waals surface area contributed by atoms with Crippen molar-refractivity contribution >= 4 is 0 Å². The van der Waals surface area contributed by atoms with E-state index >= 15 is 0 Å². The van der Waals surface area contributed by atoms with Gasteiger partial charge in [-0.2, -0.15) is 0 Å². The third-order valence-electron chi connectivity index (χ3n) is 10.2. The Balaban J connectivity index is 1.28. The highest BCUT2D eigenvalue weighted by molar-refractivity contribution is 4.98. The maximum Gasteiger partial charge on any atom is 0.187 e. The first kappa shape index (κ1) is 47.2. The Bertz CT molecular complexity index is 1200. The van der Waals surface area contributed by atoms with Gasteiger partial charge in [0.15, 0.2) is 25.2 Å². The summed E-state index contributed by atoms with van der Waals surface area (Å²) >= 11 is 0. The zero-order valence-electron chi connectivity index (χ0n) is 30.5. The minimum absolute atomic E-state index is 0.190. The van der Waals surface area contributed by atoms with Crippen molar-refractivity contribution in [2.24, 2.45) is 5.11 Å².